The van der Waals surface area contributed by atoms with Crippen LogP contribution in [-0.2, 0) is 29.0 Å². The zero-order valence-electron chi connectivity index (χ0n) is 28.4. The number of carbonyl (C=O) groups excluding carboxylic acids is 5. The monoisotopic (exact) mass is 731 g/mol. The molecule has 2 saturated heterocycles. The van der Waals surface area contributed by atoms with Crippen LogP contribution in [0.15, 0.2) is 12.7 Å². The number of hydrogen-bond donors (Lipinski definition) is 4. The van der Waals surface area contributed by atoms with Crippen LogP contribution >= 0.6 is 23.2 Å². The van der Waals surface area contributed by atoms with Gasteiger partial charge in [0.2, 0.25) is 17.6 Å². The van der Waals surface area contributed by atoms with Crippen molar-refractivity contribution < 1.29 is 32.4 Å². The molecule has 2 aliphatic heterocycles. The predicted octanol–water partition coefficient (Wildman–Crippen LogP) is 3.16. The number of fused-ring (bicyclic) bond motifs is 1. The van der Waals surface area contributed by atoms with Crippen molar-refractivity contribution in [3.63, 3.8) is 0 Å². The molecule has 2 saturated carbocycles. The largest absolute Gasteiger partial charge is 0.346 e. The zero-order valence-corrected chi connectivity index (χ0v) is 30.7. The summed E-state index contributed by atoms with van der Waals surface area (Å²) < 4.78 is 24.8. The van der Waals surface area contributed by atoms with Gasteiger partial charge in [0.15, 0.2) is 9.84 Å². The standard InChI is InChI=1S/C33H51Cl2N5O7S/c1-6-8-13-21(25(41)28(43)36-17-7-2)37-27(42)24-23-20(33(23,34)35)19-40(24)29(44)26(31(3,4)5)38-30(45)39-32(15-10-9-11-16-32)22-14-12-18-48(22,46)47/h7,20-24,26H,2,6,8-19H2,1,3-5H3,(H,36,43)(H,37,42)(H2,38,39,45)/t20-,21-,22?,23-,24-,26+/m0/s1. The Morgan fingerprint density at radius 1 is 1.04 bits per heavy atom. The quantitative estimate of drug-likeness (QED) is 0.128. The minimum atomic E-state index is -3.38. The number of rotatable bonds is 13. The molecule has 1 unspecified atom stereocenters. The number of hydrogen-bond acceptors (Lipinski definition) is 7. The number of alkyl halides is 2. The number of sulfone groups is 1. The second-order valence-electron chi connectivity index (χ2n) is 14.9. The molecule has 2 heterocycles. The Morgan fingerprint density at radius 3 is 2.27 bits per heavy atom. The first-order valence-corrected chi connectivity index (χ1v) is 19.6. The first kappa shape index (κ1) is 38.4. The van der Waals surface area contributed by atoms with E-state index in [4.69, 9.17) is 23.2 Å². The number of piperidine rings is 1. The van der Waals surface area contributed by atoms with Crippen LogP contribution in [0.2, 0.25) is 0 Å². The van der Waals surface area contributed by atoms with Crippen molar-refractivity contribution in [3.05, 3.63) is 12.7 Å². The number of unbranched alkanes of at least 4 members (excludes halogenated alkanes) is 1. The van der Waals surface area contributed by atoms with Crippen molar-refractivity contribution in [2.24, 2.45) is 17.3 Å². The number of carbonyl (C=O) groups is 5. The summed E-state index contributed by atoms with van der Waals surface area (Å²) in [5, 5.41) is 10.3. The van der Waals surface area contributed by atoms with E-state index in [2.05, 4.69) is 27.8 Å². The highest BCUT2D eigenvalue weighted by atomic mass is 35.5. The number of amides is 5. The van der Waals surface area contributed by atoms with Crippen LogP contribution in [0.3, 0.4) is 0 Å². The topological polar surface area (TPSA) is 171 Å². The minimum Gasteiger partial charge on any atom is -0.346 e. The Bertz CT molecular complexity index is 1390. The van der Waals surface area contributed by atoms with Crippen LogP contribution in [0, 0.1) is 17.3 Å². The maximum Gasteiger partial charge on any atom is 0.315 e. The molecule has 0 radical (unpaired) electrons. The van der Waals surface area contributed by atoms with E-state index >= 15 is 0 Å². The summed E-state index contributed by atoms with van der Waals surface area (Å²) in [4.78, 5) is 68.9. The number of halogens is 2. The fourth-order valence-electron chi connectivity index (χ4n) is 7.81. The maximum absolute atomic E-state index is 14.4. The van der Waals surface area contributed by atoms with Gasteiger partial charge in [-0.15, -0.1) is 29.8 Å². The summed E-state index contributed by atoms with van der Waals surface area (Å²) in [5.41, 5.74) is -1.74. The third kappa shape index (κ3) is 7.98. The van der Waals surface area contributed by atoms with Gasteiger partial charge in [-0.3, -0.25) is 19.2 Å². The number of ketones is 1. The molecule has 4 aliphatic rings. The molecule has 0 spiro atoms. The molecule has 270 valence electrons. The van der Waals surface area contributed by atoms with Gasteiger partial charge in [-0.25, -0.2) is 13.2 Å². The van der Waals surface area contributed by atoms with Gasteiger partial charge in [-0.1, -0.05) is 65.9 Å². The first-order valence-electron chi connectivity index (χ1n) is 17.1. The van der Waals surface area contributed by atoms with E-state index in [1.165, 1.54) is 11.0 Å². The van der Waals surface area contributed by atoms with E-state index in [0.29, 0.717) is 38.5 Å². The van der Waals surface area contributed by atoms with Crippen LogP contribution in [0.1, 0.15) is 91.9 Å². The van der Waals surface area contributed by atoms with E-state index in [-0.39, 0.29) is 25.3 Å². The molecule has 0 aromatic rings. The first-order chi connectivity index (χ1) is 22.4. The average Bonchev–Trinajstić information content (AvgIpc) is 3.33. The summed E-state index contributed by atoms with van der Waals surface area (Å²) in [5.74, 6) is -3.78. The zero-order chi connectivity index (χ0) is 35.7. The molecule has 0 bridgehead atoms. The van der Waals surface area contributed by atoms with Crippen LogP contribution < -0.4 is 21.3 Å². The fourth-order valence-corrected chi connectivity index (χ4v) is 11.0. The van der Waals surface area contributed by atoms with E-state index in [0.717, 1.165) is 19.3 Å². The molecule has 2 aliphatic carbocycles. The summed E-state index contributed by atoms with van der Waals surface area (Å²) in [7, 11) is -3.38. The number of likely N-dealkylation sites (tertiary alicyclic amines) is 1. The van der Waals surface area contributed by atoms with Gasteiger partial charge in [0.1, 0.15) is 16.4 Å². The van der Waals surface area contributed by atoms with Crippen LogP contribution in [0.4, 0.5) is 4.79 Å². The number of nitrogens with one attached hydrogen (secondary N) is 4. The molecule has 48 heavy (non-hydrogen) atoms. The van der Waals surface area contributed by atoms with Crippen molar-refractivity contribution in [1.82, 2.24) is 26.2 Å². The Morgan fingerprint density at radius 2 is 1.71 bits per heavy atom. The van der Waals surface area contributed by atoms with E-state index in [1.54, 1.807) is 20.8 Å². The number of urea groups is 1. The number of Topliss-reactive ketones (excluding diaryl/α,β-unsaturated/α-hetero) is 1. The lowest BCUT2D eigenvalue weighted by Crippen LogP contribution is -2.65. The van der Waals surface area contributed by atoms with E-state index in [1.807, 2.05) is 6.92 Å². The SMILES string of the molecule is C=CCNC(=O)C(=O)[C@H](CCCC)NC(=O)[C@@H]1[C@@H]2[C@H](CN1C(=O)[C@@H](NC(=O)NC1(C3CCCS3(=O)=O)CCCCC1)C(C)(C)C)C2(Cl)Cl. The van der Waals surface area contributed by atoms with Gasteiger partial charge >= 0.3 is 6.03 Å². The number of nitrogens with zero attached hydrogens (tertiary/aromatic N) is 1. The predicted molar refractivity (Wildman–Crippen MR) is 184 cm³/mol. The molecule has 0 aromatic heterocycles. The van der Waals surface area contributed by atoms with Gasteiger partial charge in [-0.2, -0.15) is 0 Å². The lowest BCUT2D eigenvalue weighted by molar-refractivity contribution is -0.144. The molecule has 5 amide bonds. The Labute approximate surface area is 294 Å². The molecule has 12 nitrogen and oxygen atoms in total. The smallest absolute Gasteiger partial charge is 0.315 e. The van der Waals surface area contributed by atoms with Gasteiger partial charge in [0, 0.05) is 24.9 Å². The van der Waals surface area contributed by atoms with Crippen molar-refractivity contribution in [2.45, 2.75) is 125 Å². The Hall–Kier alpha value is -2.38. The van der Waals surface area contributed by atoms with Crippen molar-refractivity contribution in [1.29, 1.82) is 0 Å². The van der Waals surface area contributed by atoms with Crippen molar-refractivity contribution >= 4 is 62.6 Å². The second-order valence-corrected chi connectivity index (χ2v) is 18.7. The van der Waals surface area contributed by atoms with Gasteiger partial charge in [-0.05, 0) is 37.5 Å². The van der Waals surface area contributed by atoms with Gasteiger partial charge in [0.25, 0.3) is 5.91 Å². The van der Waals surface area contributed by atoms with E-state index < -0.39 is 89.9 Å². The summed E-state index contributed by atoms with van der Waals surface area (Å²) >= 11 is 13.1. The molecular formula is C33H51Cl2N5O7S. The highest BCUT2D eigenvalue weighted by Crippen LogP contribution is 2.65. The van der Waals surface area contributed by atoms with Crippen LogP contribution in [0.5, 0.6) is 0 Å². The van der Waals surface area contributed by atoms with Gasteiger partial charge in [0.05, 0.1) is 22.6 Å². The molecule has 6 atom stereocenters. The average molecular weight is 733 g/mol. The third-order valence-electron chi connectivity index (χ3n) is 10.4. The van der Waals surface area contributed by atoms with E-state index in [9.17, 15) is 32.4 Å². The van der Waals surface area contributed by atoms with Gasteiger partial charge < -0.3 is 26.2 Å². The van der Waals surface area contributed by atoms with Crippen LogP contribution in [-0.4, -0.2) is 94.9 Å². The minimum absolute atomic E-state index is 0.0577. The van der Waals surface area contributed by atoms with Crippen molar-refractivity contribution in [2.75, 3.05) is 18.8 Å². The maximum atomic E-state index is 14.4. The Balaban J connectivity index is 1.55. The summed E-state index contributed by atoms with van der Waals surface area (Å²) in [6.45, 7) is 10.9. The molecule has 4 N–H and O–H groups in total. The summed E-state index contributed by atoms with van der Waals surface area (Å²) in [6, 6.07) is -4.02. The third-order valence-corrected chi connectivity index (χ3v) is 13.9. The molecule has 15 heteroatoms. The fraction of sp³-hybridized carbons (Fsp3) is 0.788. The molecule has 4 fully saturated rings. The molecule has 4 rings (SSSR count). The second kappa shape index (κ2) is 14.8. The van der Waals surface area contributed by atoms with Crippen molar-refractivity contribution in [3.8, 4) is 0 Å². The lowest BCUT2D eigenvalue weighted by Gasteiger charge is -2.43. The highest BCUT2D eigenvalue weighted by molar-refractivity contribution is 7.92. The lowest BCUT2D eigenvalue weighted by atomic mass is 9.78. The van der Waals surface area contributed by atoms with Crippen LogP contribution in [0.25, 0.3) is 0 Å². The highest BCUT2D eigenvalue weighted by Gasteiger charge is 2.74. The normalized spacial score (nSPS) is 27.9. The Kier molecular flexibility index (Phi) is 11.9. The summed E-state index contributed by atoms with van der Waals surface area (Å²) in [6.07, 6.45) is 7.57. The molecular weight excluding hydrogens is 681 g/mol. The molecule has 0 aromatic carbocycles.